The molecule has 6 rings (SSSR count). The second-order valence-electron chi connectivity index (χ2n) is 9.47. The van der Waals surface area contributed by atoms with Gasteiger partial charge in [0.05, 0.1) is 28.9 Å². The minimum absolute atomic E-state index is 0.0311. The number of hydrogen-bond donors (Lipinski definition) is 2. The van der Waals surface area contributed by atoms with E-state index in [0.717, 1.165) is 36.7 Å². The lowest BCUT2D eigenvalue weighted by Gasteiger charge is -2.20. The molecule has 0 saturated heterocycles. The first-order valence-electron chi connectivity index (χ1n) is 12.0. The summed E-state index contributed by atoms with van der Waals surface area (Å²) in [5.41, 5.74) is -1.41. The number of pyridine rings is 1. The standard InChI is InChI=1S/C27H14ClF8N5O/c28-18-2-1-11(29)5-15(18)23-22-19(8-20-16(21(22)25(42)40-23)9-38-41(20)10-26(31,32)33)39-24-14-6-12(30)7-17(27(34,35)36)13(14)3-4-37-24/h1-9,23H,10H2,(H,37,39)(H,40,42). The molecule has 1 aliphatic heterocycles. The van der Waals surface area contributed by atoms with Gasteiger partial charge < -0.3 is 10.6 Å². The van der Waals surface area contributed by atoms with Gasteiger partial charge in [0.15, 0.2) is 0 Å². The first kappa shape index (κ1) is 27.7. The molecule has 2 N–H and O–H groups in total. The summed E-state index contributed by atoms with van der Waals surface area (Å²) in [6.07, 6.45) is -7.50. The van der Waals surface area contributed by atoms with Crippen LogP contribution < -0.4 is 10.6 Å². The molecule has 6 nitrogen and oxygen atoms in total. The molecule has 3 aromatic carbocycles. The van der Waals surface area contributed by atoms with Crippen molar-refractivity contribution >= 4 is 50.7 Å². The molecule has 0 saturated carbocycles. The van der Waals surface area contributed by atoms with Gasteiger partial charge >= 0.3 is 12.4 Å². The van der Waals surface area contributed by atoms with Crippen molar-refractivity contribution in [2.24, 2.45) is 0 Å². The van der Waals surface area contributed by atoms with Gasteiger partial charge in [-0.2, -0.15) is 31.4 Å². The van der Waals surface area contributed by atoms with Crippen molar-refractivity contribution in [2.75, 3.05) is 5.32 Å². The lowest BCUT2D eigenvalue weighted by Crippen LogP contribution is -2.20. The topological polar surface area (TPSA) is 71.8 Å². The molecule has 1 unspecified atom stereocenters. The van der Waals surface area contributed by atoms with Crippen molar-refractivity contribution in [1.29, 1.82) is 0 Å². The molecule has 42 heavy (non-hydrogen) atoms. The smallest absolute Gasteiger partial charge is 0.341 e. The number of aromatic nitrogens is 3. The molecule has 1 amide bonds. The highest BCUT2D eigenvalue weighted by Gasteiger charge is 2.38. The van der Waals surface area contributed by atoms with Gasteiger partial charge in [-0.15, -0.1) is 0 Å². The van der Waals surface area contributed by atoms with Gasteiger partial charge in [-0.1, -0.05) is 11.6 Å². The Kier molecular flexibility index (Phi) is 6.29. The summed E-state index contributed by atoms with van der Waals surface area (Å²) in [4.78, 5) is 17.3. The third-order valence-corrected chi connectivity index (χ3v) is 7.13. The van der Waals surface area contributed by atoms with Crippen LogP contribution in [0.1, 0.15) is 33.1 Å². The van der Waals surface area contributed by atoms with Crippen LogP contribution >= 0.6 is 11.6 Å². The summed E-state index contributed by atoms with van der Waals surface area (Å²) in [5, 5.41) is 8.59. The van der Waals surface area contributed by atoms with Crippen LogP contribution in [0.2, 0.25) is 5.02 Å². The fourth-order valence-electron chi connectivity index (χ4n) is 5.13. The van der Waals surface area contributed by atoms with Crippen LogP contribution in [0, 0.1) is 11.6 Å². The Hall–Kier alpha value is -4.46. The van der Waals surface area contributed by atoms with Crippen molar-refractivity contribution in [3.8, 4) is 0 Å². The number of carbonyl (C=O) groups excluding carboxylic acids is 1. The van der Waals surface area contributed by atoms with Gasteiger partial charge in [0, 0.05) is 38.8 Å². The summed E-state index contributed by atoms with van der Waals surface area (Å²) >= 11 is 6.31. The van der Waals surface area contributed by atoms with Gasteiger partial charge in [-0.25, -0.2) is 13.8 Å². The average Bonchev–Trinajstić information content (AvgIpc) is 3.44. The number of amides is 1. The Morgan fingerprint density at radius 1 is 0.952 bits per heavy atom. The largest absolute Gasteiger partial charge is 0.417 e. The number of alkyl halides is 6. The molecule has 2 aromatic heterocycles. The molecule has 1 aliphatic rings. The number of nitrogens with zero attached hydrogens (tertiary/aromatic N) is 3. The number of hydrogen-bond acceptors (Lipinski definition) is 4. The molecule has 216 valence electrons. The van der Waals surface area contributed by atoms with Gasteiger partial charge in [0.25, 0.3) is 5.91 Å². The van der Waals surface area contributed by atoms with Gasteiger partial charge in [-0.05, 0) is 47.9 Å². The average molecular weight is 612 g/mol. The van der Waals surface area contributed by atoms with E-state index in [1.54, 1.807) is 0 Å². The summed E-state index contributed by atoms with van der Waals surface area (Å²) < 4.78 is 110. The van der Waals surface area contributed by atoms with Crippen molar-refractivity contribution < 1.29 is 39.9 Å². The zero-order chi connectivity index (χ0) is 30.1. The van der Waals surface area contributed by atoms with E-state index in [1.807, 2.05) is 0 Å². The fraction of sp³-hybridized carbons (Fsp3) is 0.148. The van der Waals surface area contributed by atoms with Gasteiger partial charge in [0.1, 0.15) is 24.0 Å². The highest BCUT2D eigenvalue weighted by atomic mass is 35.5. The number of carbonyl (C=O) groups is 1. The highest BCUT2D eigenvalue weighted by Crippen LogP contribution is 2.45. The number of fused-ring (bicyclic) bond motifs is 4. The van der Waals surface area contributed by atoms with Crippen LogP contribution in [0.4, 0.5) is 46.6 Å². The Labute approximate surface area is 234 Å². The van der Waals surface area contributed by atoms with E-state index < -0.39 is 53.4 Å². The number of halogens is 9. The minimum Gasteiger partial charge on any atom is -0.341 e. The molecular formula is C27H14ClF8N5O. The summed E-state index contributed by atoms with van der Waals surface area (Å²) in [6.45, 7) is -1.51. The van der Waals surface area contributed by atoms with Crippen molar-refractivity contribution in [2.45, 2.75) is 24.9 Å². The van der Waals surface area contributed by atoms with E-state index in [4.69, 9.17) is 11.6 Å². The minimum atomic E-state index is -4.92. The van der Waals surface area contributed by atoms with Crippen LogP contribution in [0.3, 0.4) is 0 Å². The molecule has 0 radical (unpaired) electrons. The molecule has 0 fully saturated rings. The number of benzene rings is 3. The first-order chi connectivity index (χ1) is 19.7. The van der Waals surface area contributed by atoms with Crippen molar-refractivity contribution in [3.05, 3.63) is 93.8 Å². The Balaban J connectivity index is 1.62. The van der Waals surface area contributed by atoms with Gasteiger partial charge in [0.2, 0.25) is 0 Å². The lowest BCUT2D eigenvalue weighted by molar-refractivity contribution is -0.142. The molecule has 15 heteroatoms. The van der Waals surface area contributed by atoms with Crippen LogP contribution in [-0.2, 0) is 12.7 Å². The molecule has 0 bridgehead atoms. The molecule has 1 atom stereocenters. The second-order valence-corrected chi connectivity index (χ2v) is 9.87. The van der Waals surface area contributed by atoms with E-state index in [2.05, 4.69) is 20.7 Å². The zero-order valence-electron chi connectivity index (χ0n) is 20.6. The highest BCUT2D eigenvalue weighted by molar-refractivity contribution is 6.31. The first-order valence-corrected chi connectivity index (χ1v) is 12.4. The van der Waals surface area contributed by atoms with E-state index in [9.17, 15) is 39.9 Å². The quantitative estimate of drug-likeness (QED) is 0.205. The normalized spacial score (nSPS) is 15.4. The lowest BCUT2D eigenvalue weighted by atomic mass is 9.94. The SMILES string of the molecule is O=C1NC(c2cc(F)ccc2Cl)c2c(Nc3nccc4c(C(F)(F)F)cc(F)cc34)cc3c(cnn3CC(F)(F)F)c21. The van der Waals surface area contributed by atoms with E-state index in [0.29, 0.717) is 10.7 Å². The Bertz CT molecular complexity index is 1920. The molecule has 5 aromatic rings. The van der Waals surface area contributed by atoms with E-state index in [1.165, 1.54) is 12.1 Å². The Morgan fingerprint density at radius 2 is 1.71 bits per heavy atom. The maximum absolute atomic E-state index is 14.4. The molecule has 3 heterocycles. The maximum Gasteiger partial charge on any atom is 0.417 e. The Morgan fingerprint density at radius 3 is 2.43 bits per heavy atom. The number of nitrogens with one attached hydrogen (secondary N) is 2. The zero-order valence-corrected chi connectivity index (χ0v) is 21.4. The monoisotopic (exact) mass is 611 g/mol. The van der Waals surface area contributed by atoms with Gasteiger partial charge in [-0.3, -0.25) is 9.48 Å². The van der Waals surface area contributed by atoms with Crippen LogP contribution in [0.5, 0.6) is 0 Å². The second kappa shape index (κ2) is 9.54. The molecule has 0 aliphatic carbocycles. The fourth-order valence-corrected chi connectivity index (χ4v) is 5.36. The third-order valence-electron chi connectivity index (χ3n) is 6.78. The van der Waals surface area contributed by atoms with Crippen LogP contribution in [0.25, 0.3) is 21.7 Å². The summed E-state index contributed by atoms with van der Waals surface area (Å²) in [6, 6.07) is 5.65. The van der Waals surface area contributed by atoms with E-state index in [-0.39, 0.29) is 49.5 Å². The third kappa shape index (κ3) is 4.74. The van der Waals surface area contributed by atoms with Crippen molar-refractivity contribution in [3.63, 3.8) is 0 Å². The van der Waals surface area contributed by atoms with E-state index >= 15 is 0 Å². The number of anilines is 2. The van der Waals surface area contributed by atoms with Crippen LogP contribution in [0.15, 0.2) is 54.9 Å². The summed E-state index contributed by atoms with van der Waals surface area (Å²) in [7, 11) is 0. The van der Waals surface area contributed by atoms with Crippen molar-refractivity contribution in [1.82, 2.24) is 20.1 Å². The molecule has 0 spiro atoms. The predicted octanol–water partition coefficient (Wildman–Crippen LogP) is 7.67. The summed E-state index contributed by atoms with van der Waals surface area (Å²) in [5.74, 6) is -2.94. The number of rotatable bonds is 4. The predicted molar refractivity (Wildman–Crippen MR) is 136 cm³/mol. The van der Waals surface area contributed by atoms with Crippen LogP contribution in [-0.4, -0.2) is 26.8 Å². The maximum atomic E-state index is 14.4. The molecular weight excluding hydrogens is 598 g/mol.